The number of thiophene rings is 1. The number of hydrogen-bond donors (Lipinski definition) is 1. The first-order chi connectivity index (χ1) is 8.93. The Morgan fingerprint density at radius 3 is 2.72 bits per heavy atom. The van der Waals surface area contributed by atoms with Gasteiger partial charge in [0.05, 0.1) is 0 Å². The molecule has 2 aliphatic rings. The van der Waals surface area contributed by atoms with Gasteiger partial charge in [-0.1, -0.05) is 31.7 Å². The molecule has 0 spiro atoms. The average molecular weight is 263 g/mol. The van der Waals surface area contributed by atoms with Crippen molar-refractivity contribution in [1.29, 1.82) is 0 Å². The van der Waals surface area contributed by atoms with Crippen molar-refractivity contribution in [2.24, 2.45) is 11.8 Å². The standard InChI is InChI=1S/C16H25NS/c1-2-7-14(6-1)16(15-8-4-12-18-15)17-11-3-5-13-9-10-13/h4,8,12-14,16-17H,1-3,5-7,9-11H2. The van der Waals surface area contributed by atoms with Crippen molar-refractivity contribution in [2.75, 3.05) is 6.54 Å². The van der Waals surface area contributed by atoms with Crippen molar-refractivity contribution < 1.29 is 0 Å². The van der Waals surface area contributed by atoms with Crippen LogP contribution < -0.4 is 5.32 Å². The van der Waals surface area contributed by atoms with E-state index in [1.54, 1.807) is 4.88 Å². The Bertz CT molecular complexity index is 336. The smallest absolute Gasteiger partial charge is 0.0443 e. The normalized spacial score (nSPS) is 22.4. The Hall–Kier alpha value is -0.340. The summed E-state index contributed by atoms with van der Waals surface area (Å²) in [6.45, 7) is 1.22. The lowest BCUT2D eigenvalue weighted by atomic mass is 9.96. The zero-order chi connectivity index (χ0) is 12.2. The van der Waals surface area contributed by atoms with Gasteiger partial charge in [-0.25, -0.2) is 0 Å². The van der Waals surface area contributed by atoms with Gasteiger partial charge in [-0.15, -0.1) is 11.3 Å². The fourth-order valence-electron chi connectivity index (χ4n) is 3.31. The van der Waals surface area contributed by atoms with Gasteiger partial charge in [-0.2, -0.15) is 0 Å². The molecule has 100 valence electrons. The third-order valence-electron chi connectivity index (χ3n) is 4.57. The van der Waals surface area contributed by atoms with Gasteiger partial charge in [-0.05, 0) is 55.5 Å². The Labute approximate surface area is 115 Å². The largest absolute Gasteiger partial charge is 0.309 e. The maximum absolute atomic E-state index is 3.86. The molecule has 1 N–H and O–H groups in total. The highest BCUT2D eigenvalue weighted by atomic mass is 32.1. The molecule has 1 nitrogen and oxygen atoms in total. The summed E-state index contributed by atoms with van der Waals surface area (Å²) in [5.41, 5.74) is 0. The molecule has 18 heavy (non-hydrogen) atoms. The van der Waals surface area contributed by atoms with Gasteiger partial charge in [-0.3, -0.25) is 0 Å². The van der Waals surface area contributed by atoms with E-state index in [0.717, 1.165) is 11.8 Å². The molecule has 0 aliphatic heterocycles. The monoisotopic (exact) mass is 263 g/mol. The Morgan fingerprint density at radius 2 is 2.06 bits per heavy atom. The topological polar surface area (TPSA) is 12.0 Å². The quantitative estimate of drug-likeness (QED) is 0.699. The molecule has 1 aromatic heterocycles. The lowest BCUT2D eigenvalue weighted by Crippen LogP contribution is -2.27. The molecule has 0 radical (unpaired) electrons. The van der Waals surface area contributed by atoms with Crippen LogP contribution >= 0.6 is 11.3 Å². The van der Waals surface area contributed by atoms with Crippen LogP contribution in [0.15, 0.2) is 17.5 Å². The average Bonchev–Trinajstić information content (AvgIpc) is 2.87. The van der Waals surface area contributed by atoms with Crippen LogP contribution in [-0.2, 0) is 0 Å². The predicted molar refractivity (Wildman–Crippen MR) is 79.0 cm³/mol. The van der Waals surface area contributed by atoms with E-state index < -0.39 is 0 Å². The summed E-state index contributed by atoms with van der Waals surface area (Å²) >= 11 is 1.93. The van der Waals surface area contributed by atoms with E-state index in [2.05, 4.69) is 22.8 Å². The predicted octanol–water partition coefficient (Wildman–Crippen LogP) is 4.76. The molecule has 0 saturated heterocycles. The molecule has 0 amide bonds. The summed E-state index contributed by atoms with van der Waals surface area (Å²) in [7, 11) is 0. The van der Waals surface area contributed by atoms with Crippen molar-refractivity contribution >= 4 is 11.3 Å². The minimum absolute atomic E-state index is 0.645. The molecule has 2 heteroatoms. The van der Waals surface area contributed by atoms with E-state index in [9.17, 15) is 0 Å². The van der Waals surface area contributed by atoms with Gasteiger partial charge in [0.1, 0.15) is 0 Å². The molecular formula is C16H25NS. The van der Waals surface area contributed by atoms with Gasteiger partial charge in [0.15, 0.2) is 0 Å². The maximum Gasteiger partial charge on any atom is 0.0443 e. The van der Waals surface area contributed by atoms with Gasteiger partial charge >= 0.3 is 0 Å². The molecule has 1 atom stereocenters. The van der Waals surface area contributed by atoms with Crippen LogP contribution in [0.25, 0.3) is 0 Å². The lowest BCUT2D eigenvalue weighted by molar-refractivity contribution is 0.368. The fourth-order valence-corrected chi connectivity index (χ4v) is 4.21. The highest BCUT2D eigenvalue weighted by Crippen LogP contribution is 2.37. The minimum atomic E-state index is 0.645. The van der Waals surface area contributed by atoms with E-state index in [1.807, 2.05) is 11.3 Å². The van der Waals surface area contributed by atoms with Crippen molar-refractivity contribution in [3.8, 4) is 0 Å². The Balaban J connectivity index is 1.51. The van der Waals surface area contributed by atoms with Gasteiger partial charge in [0, 0.05) is 10.9 Å². The van der Waals surface area contributed by atoms with E-state index in [4.69, 9.17) is 0 Å². The second-order valence-corrected chi connectivity index (χ2v) is 7.06. The third kappa shape index (κ3) is 3.36. The van der Waals surface area contributed by atoms with Crippen LogP contribution in [0.3, 0.4) is 0 Å². The van der Waals surface area contributed by atoms with Gasteiger partial charge in [0.25, 0.3) is 0 Å². The Morgan fingerprint density at radius 1 is 1.22 bits per heavy atom. The number of hydrogen-bond acceptors (Lipinski definition) is 2. The molecule has 0 bridgehead atoms. The summed E-state index contributed by atoms with van der Waals surface area (Å²) in [6, 6.07) is 5.17. The van der Waals surface area contributed by atoms with Crippen molar-refractivity contribution in [1.82, 2.24) is 5.32 Å². The third-order valence-corrected chi connectivity index (χ3v) is 5.53. The van der Waals surface area contributed by atoms with Crippen LogP contribution in [0.2, 0.25) is 0 Å². The number of rotatable bonds is 7. The van der Waals surface area contributed by atoms with Gasteiger partial charge in [0.2, 0.25) is 0 Å². The van der Waals surface area contributed by atoms with Crippen LogP contribution in [0.1, 0.15) is 62.3 Å². The van der Waals surface area contributed by atoms with Gasteiger partial charge < -0.3 is 5.32 Å². The summed E-state index contributed by atoms with van der Waals surface area (Å²) in [5, 5.41) is 6.08. The highest BCUT2D eigenvalue weighted by Gasteiger charge is 2.26. The first kappa shape index (κ1) is 12.7. The van der Waals surface area contributed by atoms with E-state index in [1.165, 1.54) is 57.9 Å². The maximum atomic E-state index is 3.86. The molecule has 2 fully saturated rings. The van der Waals surface area contributed by atoms with E-state index in [-0.39, 0.29) is 0 Å². The zero-order valence-electron chi connectivity index (χ0n) is 11.2. The summed E-state index contributed by atoms with van der Waals surface area (Å²) in [5.74, 6) is 1.98. The lowest BCUT2D eigenvalue weighted by Gasteiger charge is -2.24. The van der Waals surface area contributed by atoms with E-state index in [0.29, 0.717) is 6.04 Å². The summed E-state index contributed by atoms with van der Waals surface area (Å²) < 4.78 is 0. The van der Waals surface area contributed by atoms with Crippen molar-refractivity contribution in [3.05, 3.63) is 22.4 Å². The molecule has 0 aromatic carbocycles. The Kier molecular flexibility index (Phi) is 4.37. The van der Waals surface area contributed by atoms with Crippen molar-refractivity contribution in [3.63, 3.8) is 0 Å². The second kappa shape index (κ2) is 6.21. The molecule has 1 aromatic rings. The molecule has 3 rings (SSSR count). The molecule has 2 saturated carbocycles. The summed E-state index contributed by atoms with van der Waals surface area (Å²) in [4.78, 5) is 1.56. The first-order valence-electron chi connectivity index (χ1n) is 7.70. The number of nitrogens with one attached hydrogen (secondary N) is 1. The molecule has 2 aliphatic carbocycles. The highest BCUT2D eigenvalue weighted by molar-refractivity contribution is 7.10. The summed E-state index contributed by atoms with van der Waals surface area (Å²) in [6.07, 6.45) is 11.6. The molecular weight excluding hydrogens is 238 g/mol. The van der Waals surface area contributed by atoms with Crippen LogP contribution in [0.4, 0.5) is 0 Å². The molecule has 1 unspecified atom stereocenters. The zero-order valence-corrected chi connectivity index (χ0v) is 12.1. The minimum Gasteiger partial charge on any atom is -0.309 e. The van der Waals surface area contributed by atoms with Crippen molar-refractivity contribution in [2.45, 2.75) is 57.4 Å². The van der Waals surface area contributed by atoms with Crippen LogP contribution in [0.5, 0.6) is 0 Å². The SMILES string of the molecule is c1csc(C(NCCCC2CC2)C2CCCC2)c1. The van der Waals surface area contributed by atoms with Crippen LogP contribution in [-0.4, -0.2) is 6.54 Å². The molecule has 1 heterocycles. The van der Waals surface area contributed by atoms with Crippen LogP contribution in [0, 0.1) is 11.8 Å². The second-order valence-electron chi connectivity index (χ2n) is 6.08. The fraction of sp³-hybridized carbons (Fsp3) is 0.750. The van der Waals surface area contributed by atoms with E-state index >= 15 is 0 Å². The first-order valence-corrected chi connectivity index (χ1v) is 8.58.